The summed E-state index contributed by atoms with van der Waals surface area (Å²) in [7, 11) is 6.23. The maximum Gasteiger partial charge on any atom is 0.254 e. The number of rotatable bonds is 5. The second-order valence-electron chi connectivity index (χ2n) is 5.82. The summed E-state index contributed by atoms with van der Waals surface area (Å²) in [6, 6.07) is 10.2. The van der Waals surface area contributed by atoms with Crippen molar-refractivity contribution in [1.82, 2.24) is 4.90 Å². The van der Waals surface area contributed by atoms with Crippen LogP contribution >= 0.6 is 0 Å². The molecule has 6 heteroatoms. The minimum absolute atomic E-state index is 0.112. The largest absolute Gasteiger partial charge is 0.493 e. The third-order valence-corrected chi connectivity index (χ3v) is 4.60. The number of carbonyl (C=O) groups is 1. The molecule has 3 rings (SSSR count). The predicted molar refractivity (Wildman–Crippen MR) is 92.3 cm³/mol. The lowest BCUT2D eigenvalue weighted by Gasteiger charge is -2.28. The molecule has 0 aliphatic carbocycles. The average Bonchev–Trinajstić information content (AvgIpc) is 2.90. The summed E-state index contributed by atoms with van der Waals surface area (Å²) in [4.78, 5) is 14.0. The number of methoxy groups -OCH3 is 3. The molecule has 0 saturated carbocycles. The Morgan fingerprint density at radius 3 is 2.32 bits per heavy atom. The van der Waals surface area contributed by atoms with Gasteiger partial charge in [0.2, 0.25) is 5.75 Å². The van der Waals surface area contributed by atoms with Crippen LogP contribution in [-0.2, 0) is 0 Å². The molecule has 1 N–H and O–H groups in total. The molecule has 0 aromatic heterocycles. The molecule has 1 heterocycles. The van der Waals surface area contributed by atoms with Gasteiger partial charge in [0.05, 0.1) is 27.4 Å². The number of likely N-dealkylation sites (N-methyl/N-ethyl adjacent to an activating group) is 1. The van der Waals surface area contributed by atoms with E-state index in [1.165, 1.54) is 21.3 Å². The Morgan fingerprint density at radius 2 is 1.68 bits per heavy atom. The van der Waals surface area contributed by atoms with E-state index >= 15 is 0 Å². The van der Waals surface area contributed by atoms with E-state index in [2.05, 4.69) is 0 Å². The van der Waals surface area contributed by atoms with Crippen molar-refractivity contribution in [2.24, 2.45) is 0 Å². The SMILES string of the molecule is COc1ccc([C@H](O)[C@H]2c3ccccc3C(=O)N2C)c(OC)c1OC. The summed E-state index contributed by atoms with van der Waals surface area (Å²) in [6.07, 6.45) is -0.979. The maximum atomic E-state index is 12.5. The van der Waals surface area contributed by atoms with Gasteiger partial charge in [-0.3, -0.25) is 4.79 Å². The smallest absolute Gasteiger partial charge is 0.254 e. The van der Waals surface area contributed by atoms with Gasteiger partial charge in [-0.2, -0.15) is 0 Å². The number of hydrogen-bond acceptors (Lipinski definition) is 5. The number of benzene rings is 2. The molecule has 1 amide bonds. The second kappa shape index (κ2) is 6.64. The van der Waals surface area contributed by atoms with Crippen LogP contribution in [0.15, 0.2) is 36.4 Å². The van der Waals surface area contributed by atoms with Crippen molar-refractivity contribution in [1.29, 1.82) is 0 Å². The quantitative estimate of drug-likeness (QED) is 0.904. The van der Waals surface area contributed by atoms with Crippen LogP contribution in [0, 0.1) is 0 Å². The minimum atomic E-state index is -0.979. The van der Waals surface area contributed by atoms with Gasteiger partial charge in [0.25, 0.3) is 5.91 Å². The van der Waals surface area contributed by atoms with Gasteiger partial charge in [0.15, 0.2) is 11.5 Å². The number of amides is 1. The highest BCUT2D eigenvalue weighted by Gasteiger charge is 2.40. The van der Waals surface area contributed by atoms with Crippen molar-refractivity contribution in [2.75, 3.05) is 28.4 Å². The van der Waals surface area contributed by atoms with Crippen molar-refractivity contribution >= 4 is 5.91 Å². The molecule has 0 fully saturated rings. The number of ether oxygens (including phenoxy) is 3. The summed E-state index contributed by atoms with van der Waals surface area (Å²) < 4.78 is 16.1. The lowest BCUT2D eigenvalue weighted by molar-refractivity contribution is 0.0504. The first kappa shape index (κ1) is 17.1. The Labute approximate surface area is 146 Å². The third-order valence-electron chi connectivity index (χ3n) is 4.60. The van der Waals surface area contributed by atoms with Crippen LogP contribution in [0.5, 0.6) is 17.2 Å². The first-order valence-corrected chi connectivity index (χ1v) is 7.88. The number of carbonyl (C=O) groups excluding carboxylic acids is 1. The summed E-state index contributed by atoms with van der Waals surface area (Å²) in [5, 5.41) is 11.1. The summed E-state index contributed by atoms with van der Waals surface area (Å²) in [6.45, 7) is 0. The van der Waals surface area contributed by atoms with Crippen LogP contribution in [0.2, 0.25) is 0 Å². The van der Waals surface area contributed by atoms with Gasteiger partial charge in [-0.05, 0) is 23.8 Å². The van der Waals surface area contributed by atoms with Crippen molar-refractivity contribution < 1.29 is 24.1 Å². The molecular formula is C19H21NO5. The molecule has 0 saturated heterocycles. The molecule has 0 spiro atoms. The van der Waals surface area contributed by atoms with E-state index in [9.17, 15) is 9.90 Å². The number of aliphatic hydroxyl groups is 1. The van der Waals surface area contributed by atoms with Gasteiger partial charge < -0.3 is 24.2 Å². The maximum absolute atomic E-state index is 12.5. The number of aliphatic hydroxyl groups excluding tert-OH is 1. The summed E-state index contributed by atoms with van der Waals surface area (Å²) in [5.41, 5.74) is 1.93. The van der Waals surface area contributed by atoms with Gasteiger partial charge in [-0.15, -0.1) is 0 Å². The molecule has 0 bridgehead atoms. The Balaban J connectivity index is 2.10. The van der Waals surface area contributed by atoms with Crippen molar-refractivity contribution in [3.63, 3.8) is 0 Å². The highest BCUT2D eigenvalue weighted by atomic mass is 16.5. The summed E-state index contributed by atoms with van der Waals surface area (Å²) in [5.74, 6) is 1.19. The van der Waals surface area contributed by atoms with E-state index in [1.54, 1.807) is 30.1 Å². The van der Waals surface area contributed by atoms with Gasteiger partial charge in [-0.25, -0.2) is 0 Å². The monoisotopic (exact) mass is 343 g/mol. The van der Waals surface area contributed by atoms with Gasteiger partial charge in [0, 0.05) is 18.2 Å². The predicted octanol–water partition coefficient (Wildman–Crippen LogP) is 2.57. The molecule has 132 valence electrons. The van der Waals surface area contributed by atoms with E-state index in [0.29, 0.717) is 28.4 Å². The van der Waals surface area contributed by atoms with E-state index < -0.39 is 12.1 Å². The van der Waals surface area contributed by atoms with E-state index in [0.717, 1.165) is 5.56 Å². The van der Waals surface area contributed by atoms with Gasteiger partial charge in [0.1, 0.15) is 6.10 Å². The van der Waals surface area contributed by atoms with Crippen LogP contribution in [-0.4, -0.2) is 44.3 Å². The topological polar surface area (TPSA) is 68.2 Å². The fourth-order valence-electron chi connectivity index (χ4n) is 3.38. The molecule has 2 aromatic carbocycles. The number of nitrogens with zero attached hydrogens (tertiary/aromatic N) is 1. The lowest BCUT2D eigenvalue weighted by atomic mass is 9.94. The Morgan fingerprint density at radius 1 is 1.00 bits per heavy atom. The van der Waals surface area contributed by atoms with E-state index in [-0.39, 0.29) is 5.91 Å². The lowest BCUT2D eigenvalue weighted by Crippen LogP contribution is -2.27. The zero-order valence-corrected chi connectivity index (χ0v) is 14.6. The van der Waals surface area contributed by atoms with Crippen molar-refractivity contribution in [3.05, 3.63) is 53.1 Å². The average molecular weight is 343 g/mol. The Bertz CT molecular complexity index is 804. The third kappa shape index (κ3) is 2.59. The fraction of sp³-hybridized carbons (Fsp3) is 0.316. The fourth-order valence-corrected chi connectivity index (χ4v) is 3.38. The molecule has 0 radical (unpaired) electrons. The standard InChI is InChI=1S/C19H21NO5/c1-20-15(11-7-5-6-8-12(11)19(20)22)16(21)13-9-10-14(23-2)18(25-4)17(13)24-3/h5-10,15-16,21H,1-4H3/t15-,16+/m1/s1. The zero-order valence-electron chi connectivity index (χ0n) is 14.6. The highest BCUT2D eigenvalue weighted by molar-refractivity contribution is 5.99. The second-order valence-corrected chi connectivity index (χ2v) is 5.82. The van der Waals surface area contributed by atoms with Crippen LogP contribution in [0.3, 0.4) is 0 Å². The van der Waals surface area contributed by atoms with E-state index in [1.807, 2.05) is 18.2 Å². The molecule has 25 heavy (non-hydrogen) atoms. The number of hydrogen-bond donors (Lipinski definition) is 1. The van der Waals surface area contributed by atoms with Crippen molar-refractivity contribution in [2.45, 2.75) is 12.1 Å². The Kier molecular flexibility index (Phi) is 4.55. The first-order valence-electron chi connectivity index (χ1n) is 7.88. The molecule has 0 unspecified atom stereocenters. The van der Waals surface area contributed by atoms with E-state index in [4.69, 9.17) is 14.2 Å². The number of fused-ring (bicyclic) bond motifs is 1. The summed E-state index contributed by atoms with van der Waals surface area (Å²) >= 11 is 0. The van der Waals surface area contributed by atoms with Gasteiger partial charge in [-0.1, -0.05) is 18.2 Å². The van der Waals surface area contributed by atoms with Gasteiger partial charge >= 0.3 is 0 Å². The minimum Gasteiger partial charge on any atom is -0.493 e. The first-order chi connectivity index (χ1) is 12.0. The molecule has 1 aliphatic rings. The Hall–Kier alpha value is -2.73. The normalized spacial score (nSPS) is 17.2. The zero-order chi connectivity index (χ0) is 18.1. The molecule has 2 atom stereocenters. The molecule has 6 nitrogen and oxygen atoms in total. The van der Waals surface area contributed by atoms with Crippen molar-refractivity contribution in [3.8, 4) is 17.2 Å². The highest BCUT2D eigenvalue weighted by Crippen LogP contribution is 2.47. The molecule has 1 aliphatic heterocycles. The van der Waals surface area contributed by atoms with Crippen LogP contribution in [0.4, 0.5) is 0 Å². The molecule has 2 aromatic rings. The molecular weight excluding hydrogens is 322 g/mol. The van der Waals surface area contributed by atoms with Crippen LogP contribution in [0.1, 0.15) is 33.6 Å². The van der Waals surface area contributed by atoms with Crippen LogP contribution < -0.4 is 14.2 Å². The van der Waals surface area contributed by atoms with Crippen LogP contribution in [0.25, 0.3) is 0 Å².